The van der Waals surface area contributed by atoms with E-state index in [4.69, 9.17) is 0 Å². The largest absolute Gasteiger partial charge is 0.337 e. The smallest absolute Gasteiger partial charge is 0.263 e. The van der Waals surface area contributed by atoms with Gasteiger partial charge in [0, 0.05) is 31.6 Å². The molecule has 1 aromatic heterocycles. The van der Waals surface area contributed by atoms with Gasteiger partial charge in [0.2, 0.25) is 0 Å². The fraction of sp³-hybridized carbons (Fsp3) is 0.522. The van der Waals surface area contributed by atoms with Gasteiger partial charge in [0.15, 0.2) is 0 Å². The second-order valence-corrected chi connectivity index (χ2v) is 9.61. The van der Waals surface area contributed by atoms with E-state index < -0.39 is 0 Å². The molecule has 4 heteroatoms. The van der Waals surface area contributed by atoms with E-state index in [1.54, 1.807) is 11.3 Å². The van der Waals surface area contributed by atoms with Gasteiger partial charge in [-0.25, -0.2) is 0 Å². The van der Waals surface area contributed by atoms with Crippen LogP contribution in [0.4, 0.5) is 0 Å². The molecule has 0 aliphatic carbocycles. The number of hydrogen-bond donors (Lipinski definition) is 0. The van der Waals surface area contributed by atoms with Crippen molar-refractivity contribution in [2.75, 3.05) is 26.2 Å². The summed E-state index contributed by atoms with van der Waals surface area (Å²) in [5.41, 5.74) is 3.11. The van der Waals surface area contributed by atoms with Crippen LogP contribution < -0.4 is 0 Å². The van der Waals surface area contributed by atoms with Crippen LogP contribution in [0.1, 0.15) is 59.8 Å². The van der Waals surface area contributed by atoms with E-state index in [2.05, 4.69) is 47.9 Å². The topological polar surface area (TPSA) is 23.6 Å². The first-order chi connectivity index (χ1) is 13.0. The van der Waals surface area contributed by atoms with Gasteiger partial charge in [-0.2, -0.15) is 0 Å². The highest BCUT2D eigenvalue weighted by Gasteiger charge is 2.42. The second kappa shape index (κ2) is 7.76. The summed E-state index contributed by atoms with van der Waals surface area (Å²) in [7, 11) is 0. The Hall–Kier alpha value is -1.65. The molecule has 2 saturated heterocycles. The Balaban J connectivity index is 1.38. The van der Waals surface area contributed by atoms with Crippen molar-refractivity contribution >= 4 is 17.2 Å². The minimum atomic E-state index is 0.225. The molecule has 2 fully saturated rings. The van der Waals surface area contributed by atoms with E-state index in [0.29, 0.717) is 11.3 Å². The number of carbonyl (C=O) groups excluding carboxylic acids is 1. The summed E-state index contributed by atoms with van der Waals surface area (Å²) in [5, 5.41) is 1.99. The molecule has 2 aromatic rings. The van der Waals surface area contributed by atoms with Gasteiger partial charge in [0.25, 0.3) is 5.91 Å². The number of hydrogen-bond acceptors (Lipinski definition) is 3. The molecule has 144 valence electrons. The Bertz CT molecular complexity index is 768. The number of amides is 1. The van der Waals surface area contributed by atoms with Crippen molar-refractivity contribution in [3.8, 4) is 0 Å². The molecular formula is C23H30N2OS. The van der Waals surface area contributed by atoms with Gasteiger partial charge in [-0.3, -0.25) is 9.69 Å². The summed E-state index contributed by atoms with van der Waals surface area (Å²) in [6.07, 6.45) is 3.64. The fourth-order valence-electron chi connectivity index (χ4n) is 4.71. The molecule has 0 bridgehead atoms. The molecule has 1 amide bonds. The first kappa shape index (κ1) is 18.7. The van der Waals surface area contributed by atoms with Crippen LogP contribution in [0.2, 0.25) is 0 Å². The first-order valence-corrected chi connectivity index (χ1v) is 11.1. The van der Waals surface area contributed by atoms with Crippen LogP contribution in [0.5, 0.6) is 0 Å². The highest BCUT2D eigenvalue weighted by Crippen LogP contribution is 2.40. The van der Waals surface area contributed by atoms with Crippen LogP contribution in [-0.4, -0.2) is 41.9 Å². The molecule has 1 atom stereocenters. The minimum Gasteiger partial charge on any atom is -0.337 e. The number of nitrogens with zero attached hydrogens (tertiary/aromatic N) is 2. The highest BCUT2D eigenvalue weighted by atomic mass is 32.1. The Kier molecular flexibility index (Phi) is 5.38. The van der Waals surface area contributed by atoms with Crippen molar-refractivity contribution in [2.24, 2.45) is 5.41 Å². The number of likely N-dealkylation sites (tertiary alicyclic amines) is 2. The SMILES string of the molecule is CC(C)c1ccc(CN2CCCC3(CCN(C(=O)c4cccs4)C3)C2)cc1. The Morgan fingerprint density at radius 3 is 2.63 bits per heavy atom. The van der Waals surface area contributed by atoms with E-state index in [1.807, 2.05) is 17.5 Å². The first-order valence-electron chi connectivity index (χ1n) is 10.2. The number of benzene rings is 1. The fourth-order valence-corrected chi connectivity index (χ4v) is 5.40. The normalized spacial score (nSPS) is 23.4. The molecule has 27 heavy (non-hydrogen) atoms. The van der Waals surface area contributed by atoms with Crippen LogP contribution in [0.25, 0.3) is 0 Å². The van der Waals surface area contributed by atoms with Crippen molar-refractivity contribution in [1.82, 2.24) is 9.80 Å². The predicted molar refractivity (Wildman–Crippen MR) is 112 cm³/mol. The number of rotatable bonds is 4. The molecule has 1 unspecified atom stereocenters. The van der Waals surface area contributed by atoms with Crippen molar-refractivity contribution in [1.29, 1.82) is 0 Å². The zero-order valence-electron chi connectivity index (χ0n) is 16.5. The molecule has 0 saturated carbocycles. The maximum Gasteiger partial charge on any atom is 0.263 e. The van der Waals surface area contributed by atoms with Gasteiger partial charge in [0.05, 0.1) is 4.88 Å². The zero-order valence-corrected chi connectivity index (χ0v) is 17.3. The zero-order chi connectivity index (χ0) is 18.9. The maximum atomic E-state index is 12.7. The third-order valence-corrected chi connectivity index (χ3v) is 7.11. The molecule has 3 nitrogen and oxygen atoms in total. The molecule has 2 aliphatic heterocycles. The number of carbonyl (C=O) groups is 1. The Morgan fingerprint density at radius 1 is 1.11 bits per heavy atom. The molecular weight excluding hydrogens is 352 g/mol. The Morgan fingerprint density at radius 2 is 1.93 bits per heavy atom. The third kappa shape index (κ3) is 4.12. The molecule has 0 N–H and O–H groups in total. The van der Waals surface area contributed by atoms with Crippen LogP contribution in [0, 0.1) is 5.41 Å². The van der Waals surface area contributed by atoms with E-state index in [9.17, 15) is 4.79 Å². The summed E-state index contributed by atoms with van der Waals surface area (Å²) in [5.74, 6) is 0.811. The van der Waals surface area contributed by atoms with Crippen LogP contribution in [0.15, 0.2) is 41.8 Å². The van der Waals surface area contributed by atoms with Gasteiger partial charge in [-0.15, -0.1) is 11.3 Å². The summed E-state index contributed by atoms with van der Waals surface area (Å²) >= 11 is 1.56. The predicted octanol–water partition coefficient (Wildman–Crippen LogP) is 5.00. The lowest BCUT2D eigenvalue weighted by atomic mass is 9.79. The average Bonchev–Trinajstić information content (AvgIpc) is 3.32. The summed E-state index contributed by atoms with van der Waals surface area (Å²) < 4.78 is 0. The van der Waals surface area contributed by atoms with Gasteiger partial charge in [-0.1, -0.05) is 44.2 Å². The van der Waals surface area contributed by atoms with Crippen molar-refractivity contribution in [3.63, 3.8) is 0 Å². The van der Waals surface area contributed by atoms with E-state index in [-0.39, 0.29) is 5.91 Å². The van der Waals surface area contributed by atoms with Gasteiger partial charge < -0.3 is 4.90 Å². The number of thiophene rings is 1. The standard InChI is InChI=1S/C23H30N2OS/c1-18(2)20-8-6-19(7-9-20)15-24-12-4-10-23(16-24)11-13-25(17-23)22(26)21-5-3-14-27-21/h3,5-9,14,18H,4,10-13,15-17H2,1-2H3. The van der Waals surface area contributed by atoms with Crippen LogP contribution in [-0.2, 0) is 6.54 Å². The second-order valence-electron chi connectivity index (χ2n) is 8.66. The third-order valence-electron chi connectivity index (χ3n) is 6.25. The van der Waals surface area contributed by atoms with Crippen molar-refractivity contribution in [2.45, 2.75) is 45.6 Å². The molecule has 3 heterocycles. The quantitative estimate of drug-likeness (QED) is 0.743. The van der Waals surface area contributed by atoms with Crippen molar-refractivity contribution in [3.05, 3.63) is 57.8 Å². The number of piperidine rings is 1. The molecule has 2 aliphatic rings. The van der Waals surface area contributed by atoms with Gasteiger partial charge in [0.1, 0.15) is 0 Å². The summed E-state index contributed by atoms with van der Waals surface area (Å²) in [6, 6.07) is 13.0. The van der Waals surface area contributed by atoms with E-state index >= 15 is 0 Å². The Labute approximate surface area is 167 Å². The van der Waals surface area contributed by atoms with Crippen LogP contribution in [0.3, 0.4) is 0 Å². The molecule has 1 spiro atoms. The van der Waals surface area contributed by atoms with E-state index in [0.717, 1.165) is 37.5 Å². The average molecular weight is 383 g/mol. The lowest BCUT2D eigenvalue weighted by Gasteiger charge is -2.40. The summed E-state index contributed by atoms with van der Waals surface area (Å²) in [6.45, 7) is 9.64. The van der Waals surface area contributed by atoms with Crippen molar-refractivity contribution < 1.29 is 4.79 Å². The lowest BCUT2D eigenvalue weighted by Crippen LogP contribution is -2.44. The molecule has 1 aromatic carbocycles. The maximum absolute atomic E-state index is 12.7. The molecule has 4 rings (SSSR count). The van der Waals surface area contributed by atoms with Gasteiger partial charge >= 0.3 is 0 Å². The van der Waals surface area contributed by atoms with Crippen LogP contribution >= 0.6 is 11.3 Å². The summed E-state index contributed by atoms with van der Waals surface area (Å²) in [4.78, 5) is 18.3. The highest BCUT2D eigenvalue weighted by molar-refractivity contribution is 7.12. The minimum absolute atomic E-state index is 0.225. The van der Waals surface area contributed by atoms with E-state index in [1.165, 1.54) is 30.5 Å². The monoisotopic (exact) mass is 382 g/mol. The van der Waals surface area contributed by atoms with Gasteiger partial charge in [-0.05, 0) is 54.3 Å². The molecule has 0 radical (unpaired) electrons. The lowest BCUT2D eigenvalue weighted by molar-refractivity contribution is 0.0679.